The van der Waals surface area contributed by atoms with Gasteiger partial charge < -0.3 is 15.7 Å². The van der Waals surface area contributed by atoms with Crippen molar-refractivity contribution in [3.05, 3.63) is 65.9 Å². The van der Waals surface area contributed by atoms with Crippen LogP contribution in [0.4, 0.5) is 16.5 Å². The summed E-state index contributed by atoms with van der Waals surface area (Å²) in [6.07, 6.45) is 2.38. The second-order valence-electron chi connectivity index (χ2n) is 6.69. The van der Waals surface area contributed by atoms with Gasteiger partial charge in [-0.05, 0) is 43.2 Å². The predicted molar refractivity (Wildman–Crippen MR) is 119 cm³/mol. The Hall–Kier alpha value is -3.52. The molecule has 0 saturated carbocycles. The average molecular weight is 423 g/mol. The van der Waals surface area contributed by atoms with Crippen molar-refractivity contribution in [1.82, 2.24) is 9.97 Å². The fourth-order valence-electron chi connectivity index (χ4n) is 2.91. The molecular weight excluding hydrogens is 400 g/mol. The molecule has 8 heteroatoms. The summed E-state index contributed by atoms with van der Waals surface area (Å²) >= 11 is 1.40. The minimum Gasteiger partial charge on any atom is -0.481 e. The molecule has 0 bridgehead atoms. The quantitative estimate of drug-likeness (QED) is 0.459. The highest BCUT2D eigenvalue weighted by Gasteiger charge is 2.14. The number of nitrogens with zero attached hydrogens (tertiary/aromatic N) is 2. The number of carbonyl (C=O) groups excluding carboxylic acids is 1. The Kier molecular flexibility index (Phi) is 6.58. The lowest BCUT2D eigenvalue weighted by Crippen LogP contribution is -2.05. The van der Waals surface area contributed by atoms with Crippen molar-refractivity contribution in [3.8, 4) is 10.7 Å². The molecule has 154 valence electrons. The molecule has 30 heavy (non-hydrogen) atoms. The molecular formula is C22H22N4O3S. The minimum absolute atomic E-state index is 0.0201. The molecule has 0 unspecified atom stereocenters. The van der Waals surface area contributed by atoms with Crippen molar-refractivity contribution in [3.63, 3.8) is 0 Å². The number of anilines is 3. The summed E-state index contributed by atoms with van der Waals surface area (Å²) < 4.78 is 0. The highest BCUT2D eigenvalue weighted by Crippen LogP contribution is 2.32. The molecule has 1 amide bonds. The summed E-state index contributed by atoms with van der Waals surface area (Å²) in [6.45, 7) is 7.21. The van der Waals surface area contributed by atoms with E-state index in [9.17, 15) is 9.59 Å². The predicted octanol–water partition coefficient (Wildman–Crippen LogP) is 4.57. The van der Waals surface area contributed by atoms with E-state index in [1.54, 1.807) is 18.2 Å². The van der Waals surface area contributed by atoms with E-state index in [-0.39, 0.29) is 12.3 Å². The van der Waals surface area contributed by atoms with Gasteiger partial charge in [-0.3, -0.25) is 9.59 Å². The summed E-state index contributed by atoms with van der Waals surface area (Å²) in [5.74, 6) is 0.231. The molecule has 0 aliphatic rings. The van der Waals surface area contributed by atoms with Gasteiger partial charge in [-0.15, -0.1) is 17.9 Å². The number of allylic oxidation sites excluding steroid dienone is 1. The first-order valence-electron chi connectivity index (χ1n) is 9.29. The number of aliphatic carboxylic acids is 1. The van der Waals surface area contributed by atoms with Crippen LogP contribution < -0.4 is 10.6 Å². The topological polar surface area (TPSA) is 104 Å². The molecule has 3 aromatic rings. The molecule has 3 N–H and O–H groups in total. The van der Waals surface area contributed by atoms with E-state index in [0.29, 0.717) is 18.1 Å². The second kappa shape index (κ2) is 9.32. The zero-order chi connectivity index (χ0) is 21.7. The molecule has 0 saturated heterocycles. The lowest BCUT2D eigenvalue weighted by molar-refractivity contribution is -0.136. The van der Waals surface area contributed by atoms with Gasteiger partial charge in [0.2, 0.25) is 5.91 Å². The Morgan fingerprint density at radius 2 is 1.90 bits per heavy atom. The molecule has 3 rings (SSSR count). The summed E-state index contributed by atoms with van der Waals surface area (Å²) in [7, 11) is 0. The Morgan fingerprint density at radius 3 is 2.53 bits per heavy atom. The number of amides is 1. The van der Waals surface area contributed by atoms with Crippen LogP contribution in [0.5, 0.6) is 0 Å². The lowest BCUT2D eigenvalue weighted by Gasteiger charge is -2.14. The minimum atomic E-state index is -0.866. The van der Waals surface area contributed by atoms with E-state index in [1.807, 2.05) is 31.2 Å². The van der Waals surface area contributed by atoms with Crippen LogP contribution in [0, 0.1) is 6.92 Å². The smallest absolute Gasteiger partial charge is 0.307 e. The van der Waals surface area contributed by atoms with Gasteiger partial charge in [-0.1, -0.05) is 18.2 Å². The van der Waals surface area contributed by atoms with Crippen molar-refractivity contribution >= 4 is 39.7 Å². The standard InChI is InChI=1S/C22H22N4O3S/c1-4-5-17-13(2)23-22(18-10-11-19(30-18)24-14(3)27)26-21(17)25-16-8-6-15(7-9-16)12-20(28)29/h4,6-11H,1,5,12H2,2-3H3,(H,24,27)(H,28,29)(H,23,25,26). The van der Waals surface area contributed by atoms with Gasteiger partial charge in [-0.2, -0.15) is 0 Å². The van der Waals surface area contributed by atoms with E-state index < -0.39 is 5.97 Å². The second-order valence-corrected chi connectivity index (χ2v) is 7.77. The van der Waals surface area contributed by atoms with Crippen LogP contribution in [0.25, 0.3) is 10.7 Å². The fraction of sp³-hybridized carbons (Fsp3) is 0.182. The molecule has 0 aliphatic carbocycles. The van der Waals surface area contributed by atoms with Crippen molar-refractivity contribution in [2.45, 2.75) is 26.7 Å². The van der Waals surface area contributed by atoms with E-state index in [2.05, 4.69) is 22.2 Å². The Balaban J connectivity index is 1.93. The highest BCUT2D eigenvalue weighted by atomic mass is 32.1. The van der Waals surface area contributed by atoms with Gasteiger partial charge in [0.25, 0.3) is 0 Å². The van der Waals surface area contributed by atoms with Gasteiger partial charge >= 0.3 is 5.97 Å². The maximum atomic E-state index is 11.3. The largest absolute Gasteiger partial charge is 0.481 e. The van der Waals surface area contributed by atoms with Crippen molar-refractivity contribution < 1.29 is 14.7 Å². The molecule has 2 heterocycles. The van der Waals surface area contributed by atoms with Gasteiger partial charge in [0.15, 0.2) is 5.82 Å². The number of thiophene rings is 1. The van der Waals surface area contributed by atoms with Crippen LogP contribution in [0.3, 0.4) is 0 Å². The lowest BCUT2D eigenvalue weighted by atomic mass is 10.1. The molecule has 0 spiro atoms. The number of aryl methyl sites for hydroxylation is 1. The van der Waals surface area contributed by atoms with E-state index in [1.165, 1.54) is 18.3 Å². The number of carboxylic acid groups (broad SMARTS) is 1. The number of hydrogen-bond donors (Lipinski definition) is 3. The third kappa shape index (κ3) is 5.30. The molecule has 0 atom stereocenters. The number of rotatable bonds is 8. The summed E-state index contributed by atoms with van der Waals surface area (Å²) in [5, 5.41) is 15.7. The number of carbonyl (C=O) groups is 2. The monoisotopic (exact) mass is 422 g/mol. The van der Waals surface area contributed by atoms with Crippen LogP contribution in [0.15, 0.2) is 49.1 Å². The SMILES string of the molecule is C=CCc1c(C)nc(-c2ccc(NC(C)=O)s2)nc1Nc1ccc(CC(=O)O)cc1. The molecule has 0 aliphatic heterocycles. The highest BCUT2D eigenvalue weighted by molar-refractivity contribution is 7.19. The first-order chi connectivity index (χ1) is 14.4. The third-order valence-electron chi connectivity index (χ3n) is 4.26. The van der Waals surface area contributed by atoms with Crippen LogP contribution in [-0.4, -0.2) is 27.0 Å². The third-order valence-corrected chi connectivity index (χ3v) is 5.26. The molecule has 7 nitrogen and oxygen atoms in total. The number of benzene rings is 1. The van der Waals surface area contributed by atoms with Gasteiger partial charge in [0.1, 0.15) is 5.82 Å². The molecule has 2 aromatic heterocycles. The number of nitrogens with one attached hydrogen (secondary N) is 2. The summed E-state index contributed by atoms with van der Waals surface area (Å²) in [6, 6.07) is 10.9. The molecule has 1 aromatic carbocycles. The summed E-state index contributed by atoms with van der Waals surface area (Å²) in [4.78, 5) is 32.3. The van der Waals surface area contributed by atoms with E-state index in [0.717, 1.165) is 32.4 Å². The fourth-order valence-corrected chi connectivity index (χ4v) is 3.80. The van der Waals surface area contributed by atoms with Gasteiger partial charge in [0.05, 0.1) is 16.3 Å². The van der Waals surface area contributed by atoms with Crippen LogP contribution in [0.1, 0.15) is 23.7 Å². The molecule has 0 radical (unpaired) electrons. The van der Waals surface area contributed by atoms with Crippen LogP contribution in [-0.2, 0) is 22.4 Å². The molecule has 0 fully saturated rings. The van der Waals surface area contributed by atoms with E-state index in [4.69, 9.17) is 10.1 Å². The normalized spacial score (nSPS) is 10.5. The van der Waals surface area contributed by atoms with Crippen molar-refractivity contribution in [2.75, 3.05) is 10.6 Å². The summed E-state index contributed by atoms with van der Waals surface area (Å²) in [5.41, 5.74) is 3.29. The number of hydrogen-bond acceptors (Lipinski definition) is 6. The van der Waals surface area contributed by atoms with Crippen molar-refractivity contribution in [1.29, 1.82) is 0 Å². The van der Waals surface area contributed by atoms with Crippen LogP contribution >= 0.6 is 11.3 Å². The number of aromatic nitrogens is 2. The van der Waals surface area contributed by atoms with Gasteiger partial charge in [-0.25, -0.2) is 9.97 Å². The Labute approximate surface area is 178 Å². The van der Waals surface area contributed by atoms with Crippen LogP contribution in [0.2, 0.25) is 0 Å². The maximum absolute atomic E-state index is 11.3. The first kappa shape index (κ1) is 21.2. The average Bonchev–Trinajstić information content (AvgIpc) is 3.13. The maximum Gasteiger partial charge on any atom is 0.307 e. The van der Waals surface area contributed by atoms with Gasteiger partial charge in [0, 0.05) is 23.9 Å². The van der Waals surface area contributed by atoms with Crippen molar-refractivity contribution in [2.24, 2.45) is 0 Å². The Morgan fingerprint density at radius 1 is 1.17 bits per heavy atom. The Bertz CT molecular complexity index is 1090. The zero-order valence-electron chi connectivity index (χ0n) is 16.7. The number of carboxylic acids is 1. The zero-order valence-corrected chi connectivity index (χ0v) is 17.5. The first-order valence-corrected chi connectivity index (χ1v) is 10.1. The van der Waals surface area contributed by atoms with E-state index >= 15 is 0 Å².